The highest BCUT2D eigenvalue weighted by molar-refractivity contribution is 4.79. The Bertz CT molecular complexity index is 177. The van der Waals surface area contributed by atoms with Crippen molar-refractivity contribution in [3.63, 3.8) is 0 Å². The molecule has 0 saturated heterocycles. The summed E-state index contributed by atoms with van der Waals surface area (Å²) in [6, 6.07) is -0.534. The summed E-state index contributed by atoms with van der Waals surface area (Å²) < 4.78 is 0. The Labute approximate surface area is 94.2 Å². The maximum Gasteiger partial charge on any atom is 0.109 e. The van der Waals surface area contributed by atoms with E-state index in [2.05, 4.69) is 0 Å². The van der Waals surface area contributed by atoms with Gasteiger partial charge in [0.2, 0.25) is 0 Å². The molecule has 0 aliphatic rings. The van der Waals surface area contributed by atoms with Gasteiger partial charge in [-0.3, -0.25) is 4.90 Å². The van der Waals surface area contributed by atoms with Crippen molar-refractivity contribution in [1.82, 2.24) is 4.90 Å². The molecule has 16 heavy (non-hydrogen) atoms. The highest BCUT2D eigenvalue weighted by atomic mass is 16.4. The first kappa shape index (κ1) is 15.7. The van der Waals surface area contributed by atoms with E-state index in [-0.39, 0.29) is 19.8 Å². The monoisotopic (exact) mass is 239 g/mol. The predicted molar refractivity (Wildman–Crippen MR) is 55.7 cm³/mol. The number of hydrogen-bond acceptors (Lipinski definition) is 7. The summed E-state index contributed by atoms with van der Waals surface area (Å²) in [5, 5.41) is 54.3. The van der Waals surface area contributed by atoms with Crippen LogP contribution in [-0.4, -0.2) is 93.3 Å². The lowest BCUT2D eigenvalue weighted by Gasteiger charge is -2.29. The Morgan fingerprint density at radius 2 is 1.38 bits per heavy atom. The van der Waals surface area contributed by atoms with Crippen LogP contribution in [0.15, 0.2) is 0 Å². The Morgan fingerprint density at radius 1 is 0.875 bits per heavy atom. The van der Waals surface area contributed by atoms with Crippen LogP contribution in [0.5, 0.6) is 0 Å². The second kappa shape index (κ2) is 7.91. The van der Waals surface area contributed by atoms with Gasteiger partial charge in [-0.05, 0) is 7.05 Å². The maximum absolute atomic E-state index is 9.50. The van der Waals surface area contributed by atoms with Crippen molar-refractivity contribution in [3.05, 3.63) is 0 Å². The summed E-state index contributed by atoms with van der Waals surface area (Å²) >= 11 is 0. The van der Waals surface area contributed by atoms with Gasteiger partial charge in [-0.2, -0.15) is 0 Å². The van der Waals surface area contributed by atoms with Crippen molar-refractivity contribution in [1.29, 1.82) is 0 Å². The molecule has 0 radical (unpaired) electrons. The van der Waals surface area contributed by atoms with Gasteiger partial charge in [0.1, 0.15) is 12.2 Å². The van der Waals surface area contributed by atoms with Crippen molar-refractivity contribution < 1.29 is 30.6 Å². The average molecular weight is 239 g/mol. The fourth-order valence-corrected chi connectivity index (χ4v) is 1.25. The summed E-state index contributed by atoms with van der Waals surface area (Å²) in [7, 11) is 1.55. The van der Waals surface area contributed by atoms with Crippen LogP contribution in [0.2, 0.25) is 0 Å². The molecular weight excluding hydrogens is 218 g/mol. The van der Waals surface area contributed by atoms with Crippen molar-refractivity contribution in [2.75, 3.05) is 33.4 Å². The number of nitrogens with zero attached hydrogens (tertiary/aromatic N) is 1. The van der Waals surface area contributed by atoms with E-state index in [4.69, 9.17) is 20.4 Å². The topological polar surface area (TPSA) is 125 Å². The molecule has 0 aliphatic heterocycles. The van der Waals surface area contributed by atoms with E-state index in [1.54, 1.807) is 7.05 Å². The Kier molecular flexibility index (Phi) is 7.77. The molecule has 0 heterocycles. The van der Waals surface area contributed by atoms with Crippen LogP contribution in [0.25, 0.3) is 0 Å². The summed E-state index contributed by atoms with van der Waals surface area (Å²) in [6.07, 6.45) is -4.15. The van der Waals surface area contributed by atoms with Gasteiger partial charge in [0.25, 0.3) is 0 Å². The van der Waals surface area contributed by atoms with Gasteiger partial charge in [0, 0.05) is 6.54 Å². The molecule has 7 heteroatoms. The molecule has 0 aromatic heterocycles. The SMILES string of the molecule is CN(CC(O)C(O)C(O)CO)C(CO)CO. The second-order valence-corrected chi connectivity index (χ2v) is 3.77. The molecule has 7 nitrogen and oxygen atoms in total. The van der Waals surface area contributed by atoms with E-state index in [1.807, 2.05) is 0 Å². The molecule has 0 bridgehead atoms. The van der Waals surface area contributed by atoms with E-state index < -0.39 is 31.0 Å². The molecular formula is C9H21NO6. The van der Waals surface area contributed by atoms with Gasteiger partial charge in [-0.1, -0.05) is 0 Å². The summed E-state index contributed by atoms with van der Waals surface area (Å²) in [6.45, 7) is -1.24. The normalized spacial score (nSPS) is 17.8. The van der Waals surface area contributed by atoms with E-state index >= 15 is 0 Å². The van der Waals surface area contributed by atoms with E-state index in [0.29, 0.717) is 0 Å². The standard InChI is InChI=1S/C9H21NO6/c1-10(6(3-11)4-12)2-7(14)9(16)8(15)5-13/h6-9,11-16H,2-5H2,1H3. The summed E-state index contributed by atoms with van der Waals surface area (Å²) in [5.74, 6) is 0. The number of likely N-dealkylation sites (N-methyl/N-ethyl adjacent to an activating group) is 1. The van der Waals surface area contributed by atoms with Crippen molar-refractivity contribution in [3.8, 4) is 0 Å². The number of rotatable bonds is 8. The Balaban J connectivity index is 4.16. The zero-order chi connectivity index (χ0) is 12.7. The van der Waals surface area contributed by atoms with Crippen molar-refractivity contribution in [2.24, 2.45) is 0 Å². The highest BCUT2D eigenvalue weighted by Gasteiger charge is 2.26. The Morgan fingerprint density at radius 3 is 1.75 bits per heavy atom. The lowest BCUT2D eigenvalue weighted by atomic mass is 10.1. The molecule has 0 spiro atoms. The zero-order valence-corrected chi connectivity index (χ0v) is 9.27. The fourth-order valence-electron chi connectivity index (χ4n) is 1.25. The largest absolute Gasteiger partial charge is 0.395 e. The Hall–Kier alpha value is -0.280. The van der Waals surface area contributed by atoms with Crippen LogP contribution in [0.1, 0.15) is 0 Å². The third kappa shape index (κ3) is 4.71. The molecule has 0 saturated carbocycles. The minimum Gasteiger partial charge on any atom is -0.395 e. The van der Waals surface area contributed by atoms with Crippen LogP contribution < -0.4 is 0 Å². The van der Waals surface area contributed by atoms with Gasteiger partial charge >= 0.3 is 0 Å². The van der Waals surface area contributed by atoms with E-state index in [0.717, 1.165) is 0 Å². The van der Waals surface area contributed by atoms with Crippen molar-refractivity contribution >= 4 is 0 Å². The van der Waals surface area contributed by atoms with Gasteiger partial charge in [-0.25, -0.2) is 0 Å². The molecule has 98 valence electrons. The number of aliphatic hydroxyl groups excluding tert-OH is 6. The van der Waals surface area contributed by atoms with Gasteiger partial charge in [0.05, 0.1) is 32.0 Å². The average Bonchev–Trinajstić information content (AvgIpc) is 2.28. The summed E-state index contributed by atoms with van der Waals surface area (Å²) in [5.41, 5.74) is 0. The third-order valence-electron chi connectivity index (χ3n) is 2.50. The summed E-state index contributed by atoms with van der Waals surface area (Å²) in [4.78, 5) is 1.46. The van der Waals surface area contributed by atoms with Gasteiger partial charge in [0.15, 0.2) is 0 Å². The molecule has 6 N–H and O–H groups in total. The fraction of sp³-hybridized carbons (Fsp3) is 1.00. The molecule has 0 aromatic rings. The van der Waals surface area contributed by atoms with E-state index in [9.17, 15) is 10.2 Å². The molecule has 3 unspecified atom stereocenters. The first-order valence-corrected chi connectivity index (χ1v) is 5.04. The first-order chi connectivity index (χ1) is 7.47. The van der Waals surface area contributed by atoms with Crippen LogP contribution in [-0.2, 0) is 0 Å². The minimum absolute atomic E-state index is 0.0377. The zero-order valence-electron chi connectivity index (χ0n) is 9.27. The van der Waals surface area contributed by atoms with Crippen molar-refractivity contribution in [2.45, 2.75) is 24.4 Å². The van der Waals surface area contributed by atoms with Gasteiger partial charge < -0.3 is 30.6 Å². The third-order valence-corrected chi connectivity index (χ3v) is 2.50. The lowest BCUT2D eigenvalue weighted by Crippen LogP contribution is -2.48. The molecule has 0 fully saturated rings. The molecule has 3 atom stereocenters. The minimum atomic E-state index is -1.47. The molecule has 0 amide bonds. The molecule has 0 aliphatic carbocycles. The van der Waals surface area contributed by atoms with Crippen LogP contribution in [0.4, 0.5) is 0 Å². The lowest BCUT2D eigenvalue weighted by molar-refractivity contribution is -0.0873. The number of aliphatic hydroxyl groups is 6. The molecule has 0 rings (SSSR count). The first-order valence-electron chi connectivity index (χ1n) is 5.04. The second-order valence-electron chi connectivity index (χ2n) is 3.77. The maximum atomic E-state index is 9.50. The predicted octanol–water partition coefficient (Wildman–Crippen LogP) is -3.65. The van der Waals surface area contributed by atoms with E-state index in [1.165, 1.54) is 4.90 Å². The van der Waals surface area contributed by atoms with Crippen LogP contribution in [0.3, 0.4) is 0 Å². The highest BCUT2D eigenvalue weighted by Crippen LogP contribution is 2.04. The van der Waals surface area contributed by atoms with Gasteiger partial charge in [-0.15, -0.1) is 0 Å². The van der Waals surface area contributed by atoms with Crippen LogP contribution in [0, 0.1) is 0 Å². The van der Waals surface area contributed by atoms with Crippen LogP contribution >= 0.6 is 0 Å². The number of hydrogen-bond donors (Lipinski definition) is 6. The quantitative estimate of drug-likeness (QED) is 0.258. The molecule has 0 aromatic carbocycles. The smallest absolute Gasteiger partial charge is 0.109 e.